The fourth-order valence-electron chi connectivity index (χ4n) is 3.00. The van der Waals surface area contributed by atoms with Crippen molar-refractivity contribution < 1.29 is 19.1 Å². The van der Waals surface area contributed by atoms with Crippen LogP contribution in [0.5, 0.6) is 0 Å². The number of amides is 2. The van der Waals surface area contributed by atoms with Crippen molar-refractivity contribution in [1.82, 2.24) is 19.8 Å². The zero-order valence-electron chi connectivity index (χ0n) is 16.6. The highest BCUT2D eigenvalue weighted by Gasteiger charge is 2.30. The molecule has 2 fully saturated rings. The number of allylic oxidation sites excluding steroid dienone is 1. The molecule has 0 saturated carbocycles. The van der Waals surface area contributed by atoms with Gasteiger partial charge in [0.05, 0.1) is 17.8 Å². The minimum Gasteiger partial charge on any atom is -0.444 e. The standard InChI is InChI=1S/C19H25N5O4/c1-19(2,3)28-18(27)24-9-7-23(8-10-24)17-20-6-5-13(21-17)11-14-15(25)12-16(26)22(14)4/h5-6,11H,7-10,12H2,1-4H3/b14-11-. The molecule has 3 heterocycles. The lowest BCUT2D eigenvalue weighted by Gasteiger charge is -2.35. The van der Waals surface area contributed by atoms with E-state index in [-0.39, 0.29) is 24.2 Å². The van der Waals surface area contributed by atoms with E-state index in [0.29, 0.717) is 43.5 Å². The van der Waals surface area contributed by atoms with Gasteiger partial charge in [-0.25, -0.2) is 14.8 Å². The lowest BCUT2D eigenvalue weighted by atomic mass is 10.2. The summed E-state index contributed by atoms with van der Waals surface area (Å²) in [4.78, 5) is 49.6. The second-order valence-corrected chi connectivity index (χ2v) is 7.82. The SMILES string of the molecule is CN1C(=O)CC(=O)/C1=C/c1ccnc(N2CCN(C(=O)OC(C)(C)C)CC2)n1. The average molecular weight is 387 g/mol. The Morgan fingerprint density at radius 2 is 1.86 bits per heavy atom. The maximum atomic E-state index is 12.2. The molecular weight excluding hydrogens is 362 g/mol. The van der Waals surface area contributed by atoms with Gasteiger partial charge in [-0.05, 0) is 32.9 Å². The predicted molar refractivity (Wildman–Crippen MR) is 102 cm³/mol. The third-order valence-corrected chi connectivity index (χ3v) is 4.50. The quantitative estimate of drug-likeness (QED) is 0.557. The number of carbonyl (C=O) groups is 3. The highest BCUT2D eigenvalue weighted by atomic mass is 16.6. The van der Waals surface area contributed by atoms with Crippen LogP contribution in [0.4, 0.5) is 10.7 Å². The van der Waals surface area contributed by atoms with Gasteiger partial charge in [0, 0.05) is 39.4 Å². The molecule has 1 aromatic rings. The molecule has 3 rings (SSSR count). The van der Waals surface area contributed by atoms with E-state index in [2.05, 4.69) is 9.97 Å². The molecule has 0 atom stereocenters. The van der Waals surface area contributed by atoms with Crippen LogP contribution in [-0.4, -0.2) is 76.4 Å². The van der Waals surface area contributed by atoms with Crippen molar-refractivity contribution in [2.24, 2.45) is 0 Å². The van der Waals surface area contributed by atoms with Crippen molar-refractivity contribution in [2.45, 2.75) is 32.8 Å². The van der Waals surface area contributed by atoms with Gasteiger partial charge in [0.15, 0.2) is 5.78 Å². The summed E-state index contributed by atoms with van der Waals surface area (Å²) in [6.07, 6.45) is 2.80. The molecule has 9 nitrogen and oxygen atoms in total. The molecule has 2 aliphatic rings. The minimum atomic E-state index is -0.522. The number of carbonyl (C=O) groups excluding carboxylic acids is 3. The first-order chi connectivity index (χ1) is 13.1. The summed E-state index contributed by atoms with van der Waals surface area (Å²) in [6.45, 7) is 7.71. The number of likely N-dealkylation sites (N-methyl/N-ethyl adjacent to an activating group) is 1. The number of anilines is 1. The van der Waals surface area contributed by atoms with Crippen LogP contribution < -0.4 is 4.90 Å². The van der Waals surface area contributed by atoms with Gasteiger partial charge in [-0.15, -0.1) is 0 Å². The van der Waals surface area contributed by atoms with Crippen molar-refractivity contribution in [3.8, 4) is 0 Å². The number of piperazine rings is 1. The fraction of sp³-hybridized carbons (Fsp3) is 0.526. The molecule has 1 aromatic heterocycles. The molecule has 0 N–H and O–H groups in total. The Balaban J connectivity index is 1.67. The predicted octanol–water partition coefficient (Wildman–Crippen LogP) is 1.31. The first-order valence-corrected chi connectivity index (χ1v) is 9.21. The van der Waals surface area contributed by atoms with Crippen LogP contribution in [0.25, 0.3) is 6.08 Å². The highest BCUT2D eigenvalue weighted by molar-refractivity contribution is 6.16. The Hall–Kier alpha value is -2.97. The number of rotatable bonds is 2. The molecule has 0 spiro atoms. The smallest absolute Gasteiger partial charge is 0.410 e. The number of hydrogen-bond donors (Lipinski definition) is 0. The summed E-state index contributed by atoms with van der Waals surface area (Å²) in [6, 6.07) is 1.69. The Kier molecular flexibility index (Phi) is 5.35. The second-order valence-electron chi connectivity index (χ2n) is 7.82. The Morgan fingerprint density at radius 3 is 2.43 bits per heavy atom. The van der Waals surface area contributed by atoms with Crippen LogP contribution >= 0.6 is 0 Å². The number of likely N-dealkylation sites (tertiary alicyclic amines) is 1. The van der Waals surface area contributed by atoms with E-state index in [1.807, 2.05) is 25.7 Å². The van der Waals surface area contributed by atoms with E-state index in [1.165, 1.54) is 4.90 Å². The number of aromatic nitrogens is 2. The fourth-order valence-corrected chi connectivity index (χ4v) is 3.00. The van der Waals surface area contributed by atoms with E-state index < -0.39 is 5.60 Å². The topological polar surface area (TPSA) is 95.9 Å². The van der Waals surface area contributed by atoms with Crippen molar-refractivity contribution in [3.63, 3.8) is 0 Å². The Bertz CT molecular complexity index is 822. The van der Waals surface area contributed by atoms with Crippen LogP contribution in [0.1, 0.15) is 32.9 Å². The molecule has 0 aliphatic carbocycles. The van der Waals surface area contributed by atoms with Crippen molar-refractivity contribution in [2.75, 3.05) is 38.1 Å². The van der Waals surface area contributed by atoms with Crippen LogP contribution in [0.3, 0.4) is 0 Å². The van der Waals surface area contributed by atoms with Gasteiger partial charge in [0.25, 0.3) is 0 Å². The zero-order valence-corrected chi connectivity index (χ0v) is 16.6. The summed E-state index contributed by atoms with van der Waals surface area (Å²) in [5.41, 5.74) is 0.375. The largest absolute Gasteiger partial charge is 0.444 e. The first-order valence-electron chi connectivity index (χ1n) is 9.21. The normalized spacial score (nSPS) is 19.6. The van der Waals surface area contributed by atoms with Crippen molar-refractivity contribution >= 4 is 29.8 Å². The monoisotopic (exact) mass is 387 g/mol. The van der Waals surface area contributed by atoms with Gasteiger partial charge >= 0.3 is 6.09 Å². The zero-order chi connectivity index (χ0) is 20.5. The average Bonchev–Trinajstić information content (AvgIpc) is 2.87. The van der Waals surface area contributed by atoms with E-state index in [4.69, 9.17) is 4.74 Å². The molecule has 2 amide bonds. The van der Waals surface area contributed by atoms with Gasteiger partial charge < -0.3 is 19.4 Å². The van der Waals surface area contributed by atoms with Gasteiger partial charge in [0.2, 0.25) is 11.9 Å². The van der Waals surface area contributed by atoms with Crippen LogP contribution in [0.2, 0.25) is 0 Å². The lowest BCUT2D eigenvalue weighted by molar-refractivity contribution is -0.126. The lowest BCUT2D eigenvalue weighted by Crippen LogP contribution is -2.50. The Labute approximate surface area is 164 Å². The van der Waals surface area contributed by atoms with E-state index in [0.717, 1.165) is 0 Å². The second kappa shape index (κ2) is 7.57. The maximum absolute atomic E-state index is 12.2. The molecule has 0 bridgehead atoms. The van der Waals surface area contributed by atoms with Gasteiger partial charge in [-0.2, -0.15) is 0 Å². The molecular formula is C19H25N5O4. The number of ketones is 1. The molecule has 0 aromatic carbocycles. The van der Waals surface area contributed by atoms with Crippen molar-refractivity contribution in [3.05, 3.63) is 23.7 Å². The van der Waals surface area contributed by atoms with Crippen LogP contribution in [0, 0.1) is 0 Å². The maximum Gasteiger partial charge on any atom is 0.410 e. The van der Waals surface area contributed by atoms with Crippen LogP contribution in [-0.2, 0) is 14.3 Å². The highest BCUT2D eigenvalue weighted by Crippen LogP contribution is 2.20. The molecule has 0 unspecified atom stereocenters. The van der Waals surface area contributed by atoms with E-state index in [1.54, 1.807) is 30.3 Å². The third kappa shape index (κ3) is 4.47. The molecule has 0 radical (unpaired) electrons. The van der Waals surface area contributed by atoms with Gasteiger partial charge in [0.1, 0.15) is 5.60 Å². The Morgan fingerprint density at radius 1 is 1.18 bits per heavy atom. The summed E-state index contributed by atoms with van der Waals surface area (Å²) in [5.74, 6) is 0.0973. The number of hydrogen-bond acceptors (Lipinski definition) is 7. The van der Waals surface area contributed by atoms with E-state index >= 15 is 0 Å². The summed E-state index contributed by atoms with van der Waals surface area (Å²) in [7, 11) is 1.58. The minimum absolute atomic E-state index is 0.104. The summed E-state index contributed by atoms with van der Waals surface area (Å²) in [5, 5.41) is 0. The number of Topliss-reactive ketones (excluding diaryl/α,β-unsaturated/α-hetero) is 1. The summed E-state index contributed by atoms with van der Waals surface area (Å²) < 4.78 is 5.41. The molecule has 2 saturated heterocycles. The van der Waals surface area contributed by atoms with Gasteiger partial charge in [-0.1, -0.05) is 0 Å². The van der Waals surface area contributed by atoms with Gasteiger partial charge in [-0.3, -0.25) is 9.59 Å². The van der Waals surface area contributed by atoms with E-state index in [9.17, 15) is 14.4 Å². The van der Waals surface area contributed by atoms with Crippen LogP contribution in [0.15, 0.2) is 18.0 Å². The number of ether oxygens (including phenoxy) is 1. The first kappa shape index (κ1) is 19.8. The molecule has 2 aliphatic heterocycles. The third-order valence-electron chi connectivity index (χ3n) is 4.50. The number of nitrogens with zero attached hydrogens (tertiary/aromatic N) is 5. The van der Waals surface area contributed by atoms with Crippen molar-refractivity contribution in [1.29, 1.82) is 0 Å². The molecule has 150 valence electrons. The molecule has 9 heteroatoms. The molecule has 28 heavy (non-hydrogen) atoms. The summed E-state index contributed by atoms with van der Waals surface area (Å²) >= 11 is 0.